The molecule has 0 bridgehead atoms. The Morgan fingerprint density at radius 3 is 2.28 bits per heavy atom. The first-order valence-corrected chi connectivity index (χ1v) is 6.23. The summed E-state index contributed by atoms with van der Waals surface area (Å²) in [5, 5.41) is 0.747. The van der Waals surface area contributed by atoms with Gasteiger partial charge in [-0.15, -0.1) is 0 Å². The molecule has 0 N–H and O–H groups in total. The number of carbonyl (C=O) groups is 1. The predicted octanol–water partition coefficient (Wildman–Crippen LogP) is 4.74. The number of aldehydes is 1. The monoisotopic (exact) mass is 258 g/mol. The third-order valence-electron chi connectivity index (χ3n) is 3.15. The van der Waals surface area contributed by atoms with Gasteiger partial charge in [-0.2, -0.15) is 0 Å². The summed E-state index contributed by atoms with van der Waals surface area (Å²) in [7, 11) is 0. The Bertz CT molecular complexity index is 615. The lowest BCUT2D eigenvalue weighted by molar-refractivity contribution is 0.112. The maximum absolute atomic E-state index is 10.9. The van der Waals surface area contributed by atoms with E-state index >= 15 is 0 Å². The minimum atomic E-state index is 0.736. The van der Waals surface area contributed by atoms with Gasteiger partial charge in [0.05, 0.1) is 0 Å². The van der Waals surface area contributed by atoms with Crippen LogP contribution in [0.15, 0.2) is 30.3 Å². The van der Waals surface area contributed by atoms with E-state index in [4.69, 9.17) is 11.6 Å². The number of benzene rings is 2. The van der Waals surface area contributed by atoms with E-state index in [1.54, 1.807) is 0 Å². The molecule has 92 valence electrons. The minimum Gasteiger partial charge on any atom is -0.298 e. The summed E-state index contributed by atoms with van der Waals surface area (Å²) in [4.78, 5) is 10.9. The Kier molecular flexibility index (Phi) is 3.53. The van der Waals surface area contributed by atoms with E-state index in [0.29, 0.717) is 0 Å². The van der Waals surface area contributed by atoms with Crippen LogP contribution in [0.4, 0.5) is 0 Å². The van der Waals surface area contributed by atoms with E-state index in [1.165, 1.54) is 0 Å². The standard InChI is InChI=1S/C16H15ClO/c1-10-4-5-14(16(17)6-10)15-8-11(2)13(9-18)7-12(15)3/h4-9H,1-3H3. The van der Waals surface area contributed by atoms with Gasteiger partial charge in [0, 0.05) is 16.1 Å². The Balaban J connectivity index is 2.64. The third kappa shape index (κ3) is 2.32. The minimum absolute atomic E-state index is 0.736. The number of carbonyl (C=O) groups excluding carboxylic acids is 1. The van der Waals surface area contributed by atoms with E-state index < -0.39 is 0 Å². The van der Waals surface area contributed by atoms with Gasteiger partial charge in [0.2, 0.25) is 0 Å². The van der Waals surface area contributed by atoms with Crippen LogP contribution in [0.1, 0.15) is 27.0 Å². The fraction of sp³-hybridized carbons (Fsp3) is 0.188. The highest BCUT2D eigenvalue weighted by Gasteiger charge is 2.09. The van der Waals surface area contributed by atoms with Crippen molar-refractivity contribution in [1.29, 1.82) is 0 Å². The maximum Gasteiger partial charge on any atom is 0.150 e. The summed E-state index contributed by atoms with van der Waals surface area (Å²) >= 11 is 6.29. The van der Waals surface area contributed by atoms with Gasteiger partial charge in [0.15, 0.2) is 0 Å². The fourth-order valence-electron chi connectivity index (χ4n) is 2.09. The molecule has 0 radical (unpaired) electrons. The van der Waals surface area contributed by atoms with Crippen LogP contribution in [0, 0.1) is 20.8 Å². The molecule has 0 aliphatic carbocycles. The van der Waals surface area contributed by atoms with Crippen LogP contribution >= 0.6 is 11.6 Å². The Labute approximate surface area is 112 Å². The molecule has 0 unspecified atom stereocenters. The second-order valence-electron chi connectivity index (χ2n) is 4.62. The number of hydrogen-bond donors (Lipinski definition) is 0. The highest BCUT2D eigenvalue weighted by atomic mass is 35.5. The molecule has 0 saturated heterocycles. The summed E-state index contributed by atoms with van der Waals surface area (Å²) in [5.74, 6) is 0. The van der Waals surface area contributed by atoms with Crippen molar-refractivity contribution < 1.29 is 4.79 Å². The molecule has 0 aliphatic rings. The van der Waals surface area contributed by atoms with Crippen molar-refractivity contribution in [1.82, 2.24) is 0 Å². The molecular formula is C16H15ClO. The first-order chi connectivity index (χ1) is 8.52. The first-order valence-electron chi connectivity index (χ1n) is 5.86. The van der Waals surface area contributed by atoms with Gasteiger partial charge in [-0.1, -0.05) is 29.8 Å². The second-order valence-corrected chi connectivity index (χ2v) is 5.03. The van der Waals surface area contributed by atoms with E-state index in [1.807, 2.05) is 51.1 Å². The zero-order valence-corrected chi connectivity index (χ0v) is 11.5. The number of hydrogen-bond acceptors (Lipinski definition) is 1. The largest absolute Gasteiger partial charge is 0.298 e. The van der Waals surface area contributed by atoms with Crippen molar-refractivity contribution in [2.75, 3.05) is 0 Å². The molecule has 0 amide bonds. The number of rotatable bonds is 2. The molecule has 18 heavy (non-hydrogen) atoms. The van der Waals surface area contributed by atoms with Gasteiger partial charge in [-0.3, -0.25) is 4.79 Å². The lowest BCUT2D eigenvalue weighted by atomic mass is 9.95. The SMILES string of the molecule is Cc1ccc(-c2cc(C)c(C=O)cc2C)c(Cl)c1. The van der Waals surface area contributed by atoms with Crippen LogP contribution in [-0.4, -0.2) is 6.29 Å². The Hall–Kier alpha value is -1.60. The van der Waals surface area contributed by atoms with Gasteiger partial charge < -0.3 is 0 Å². The molecule has 2 rings (SSSR count). The van der Waals surface area contributed by atoms with Crippen LogP contribution in [0.25, 0.3) is 11.1 Å². The molecule has 0 heterocycles. The Morgan fingerprint density at radius 2 is 1.67 bits per heavy atom. The number of halogens is 1. The topological polar surface area (TPSA) is 17.1 Å². The first kappa shape index (κ1) is 12.8. The molecule has 0 spiro atoms. The molecular weight excluding hydrogens is 244 g/mol. The highest BCUT2D eigenvalue weighted by molar-refractivity contribution is 6.33. The van der Waals surface area contributed by atoms with Gasteiger partial charge in [-0.25, -0.2) is 0 Å². The summed E-state index contributed by atoms with van der Waals surface area (Å²) in [6.07, 6.45) is 0.892. The zero-order chi connectivity index (χ0) is 13.3. The van der Waals surface area contributed by atoms with Gasteiger partial charge in [0.1, 0.15) is 6.29 Å². The maximum atomic E-state index is 10.9. The van der Waals surface area contributed by atoms with Gasteiger partial charge in [0.25, 0.3) is 0 Å². The predicted molar refractivity (Wildman–Crippen MR) is 76.5 cm³/mol. The van der Waals surface area contributed by atoms with Crippen LogP contribution in [0.2, 0.25) is 5.02 Å². The second kappa shape index (κ2) is 4.95. The third-order valence-corrected chi connectivity index (χ3v) is 3.47. The van der Waals surface area contributed by atoms with Crippen LogP contribution in [0.5, 0.6) is 0 Å². The molecule has 1 nitrogen and oxygen atoms in total. The van der Waals surface area contributed by atoms with Crippen molar-refractivity contribution in [3.63, 3.8) is 0 Å². The average molecular weight is 259 g/mol. The fourth-order valence-corrected chi connectivity index (χ4v) is 2.43. The average Bonchev–Trinajstić information content (AvgIpc) is 2.32. The van der Waals surface area contributed by atoms with E-state index in [0.717, 1.165) is 44.7 Å². The van der Waals surface area contributed by atoms with Crippen molar-refractivity contribution in [2.45, 2.75) is 20.8 Å². The van der Waals surface area contributed by atoms with Crippen LogP contribution in [0.3, 0.4) is 0 Å². The summed E-state index contributed by atoms with van der Waals surface area (Å²) in [6, 6.07) is 9.96. The van der Waals surface area contributed by atoms with Crippen molar-refractivity contribution in [3.05, 3.63) is 57.6 Å². The Morgan fingerprint density at radius 1 is 0.944 bits per heavy atom. The van der Waals surface area contributed by atoms with Gasteiger partial charge in [-0.05, 0) is 55.2 Å². The van der Waals surface area contributed by atoms with Crippen molar-refractivity contribution in [2.24, 2.45) is 0 Å². The molecule has 0 fully saturated rings. The molecule has 2 aromatic carbocycles. The molecule has 0 saturated carbocycles. The molecule has 0 aromatic heterocycles. The molecule has 2 aromatic rings. The van der Waals surface area contributed by atoms with E-state index in [2.05, 4.69) is 0 Å². The van der Waals surface area contributed by atoms with Crippen LogP contribution < -0.4 is 0 Å². The molecule has 0 aliphatic heterocycles. The van der Waals surface area contributed by atoms with Gasteiger partial charge >= 0.3 is 0 Å². The molecule has 2 heteroatoms. The van der Waals surface area contributed by atoms with E-state index in [-0.39, 0.29) is 0 Å². The highest BCUT2D eigenvalue weighted by Crippen LogP contribution is 2.32. The lowest BCUT2D eigenvalue weighted by Crippen LogP contribution is -1.92. The smallest absolute Gasteiger partial charge is 0.150 e. The van der Waals surface area contributed by atoms with Crippen molar-refractivity contribution >= 4 is 17.9 Å². The summed E-state index contributed by atoms with van der Waals surface area (Å²) in [6.45, 7) is 5.95. The van der Waals surface area contributed by atoms with Crippen LogP contribution in [-0.2, 0) is 0 Å². The molecule has 0 atom stereocenters. The lowest BCUT2D eigenvalue weighted by Gasteiger charge is -2.11. The summed E-state index contributed by atoms with van der Waals surface area (Å²) < 4.78 is 0. The summed E-state index contributed by atoms with van der Waals surface area (Å²) in [5.41, 5.74) is 6.02. The normalized spacial score (nSPS) is 10.4. The zero-order valence-electron chi connectivity index (χ0n) is 10.8. The quantitative estimate of drug-likeness (QED) is 0.711. The number of aryl methyl sites for hydroxylation is 3. The van der Waals surface area contributed by atoms with Crippen molar-refractivity contribution in [3.8, 4) is 11.1 Å². The van der Waals surface area contributed by atoms with E-state index in [9.17, 15) is 4.79 Å².